The van der Waals surface area contributed by atoms with Crippen LogP contribution in [0.25, 0.3) is 5.57 Å². The fourth-order valence-corrected chi connectivity index (χ4v) is 3.14. The van der Waals surface area contributed by atoms with Crippen LogP contribution in [-0.2, 0) is 11.3 Å². The van der Waals surface area contributed by atoms with Crippen molar-refractivity contribution in [3.63, 3.8) is 0 Å². The highest BCUT2D eigenvalue weighted by Gasteiger charge is 2.34. The number of carbonyl (C=O) groups excluding carboxylic acids is 2. The van der Waals surface area contributed by atoms with Gasteiger partial charge in [0.15, 0.2) is 0 Å². The molecule has 0 atom stereocenters. The van der Waals surface area contributed by atoms with Gasteiger partial charge in [-0.2, -0.15) is 0 Å². The highest BCUT2D eigenvalue weighted by atomic mass is 16.2. The van der Waals surface area contributed by atoms with Gasteiger partial charge in [-0.25, -0.2) is 0 Å². The molecule has 0 fully saturated rings. The van der Waals surface area contributed by atoms with Crippen molar-refractivity contribution in [2.45, 2.75) is 6.54 Å². The summed E-state index contributed by atoms with van der Waals surface area (Å²) in [5, 5.41) is 3.16. The second-order valence-corrected chi connectivity index (χ2v) is 6.30. The molecule has 3 aromatic rings. The predicted molar refractivity (Wildman–Crippen MR) is 106 cm³/mol. The first-order valence-electron chi connectivity index (χ1n) is 8.75. The molecule has 1 aliphatic rings. The number of amides is 2. The molecule has 4 nitrogen and oxygen atoms in total. The monoisotopic (exact) mass is 354 g/mol. The van der Waals surface area contributed by atoms with Gasteiger partial charge in [0.05, 0.1) is 12.1 Å². The van der Waals surface area contributed by atoms with Crippen molar-refractivity contribution in [3.8, 4) is 0 Å². The van der Waals surface area contributed by atoms with Crippen molar-refractivity contribution in [3.05, 3.63) is 108 Å². The molecule has 3 aromatic carbocycles. The number of imide groups is 1. The normalized spacial score (nSPS) is 15.0. The van der Waals surface area contributed by atoms with Crippen LogP contribution in [0.15, 0.2) is 91.1 Å². The fraction of sp³-hybridized carbons (Fsp3) is 0.0435. The molecule has 0 bridgehead atoms. The summed E-state index contributed by atoms with van der Waals surface area (Å²) < 4.78 is 0. The molecule has 27 heavy (non-hydrogen) atoms. The summed E-state index contributed by atoms with van der Waals surface area (Å²) in [7, 11) is 0. The molecule has 0 radical (unpaired) electrons. The minimum atomic E-state index is -0.300. The van der Waals surface area contributed by atoms with E-state index in [1.807, 2.05) is 78.9 Å². The third-order valence-corrected chi connectivity index (χ3v) is 4.51. The number of nitrogens with one attached hydrogen (secondary N) is 1. The zero-order valence-corrected chi connectivity index (χ0v) is 14.6. The van der Waals surface area contributed by atoms with Gasteiger partial charge < -0.3 is 5.32 Å². The lowest BCUT2D eigenvalue weighted by Crippen LogP contribution is -2.41. The van der Waals surface area contributed by atoms with E-state index in [0.29, 0.717) is 16.7 Å². The quantitative estimate of drug-likeness (QED) is 0.561. The van der Waals surface area contributed by atoms with Crippen LogP contribution in [0, 0.1) is 0 Å². The lowest BCUT2D eigenvalue weighted by Gasteiger charge is -2.28. The summed E-state index contributed by atoms with van der Waals surface area (Å²) in [6.45, 7) is 0.246. The summed E-state index contributed by atoms with van der Waals surface area (Å²) in [5.41, 5.74) is 3.45. The Morgan fingerprint density at radius 1 is 0.704 bits per heavy atom. The summed E-state index contributed by atoms with van der Waals surface area (Å²) >= 11 is 0. The van der Waals surface area contributed by atoms with Crippen LogP contribution in [-0.4, -0.2) is 16.7 Å². The Kier molecular flexibility index (Phi) is 4.54. The minimum Gasteiger partial charge on any atom is -0.361 e. The molecule has 2 amide bonds. The Hall–Kier alpha value is -3.66. The molecule has 0 saturated heterocycles. The first-order valence-corrected chi connectivity index (χ1v) is 8.75. The van der Waals surface area contributed by atoms with Crippen LogP contribution in [0.1, 0.15) is 21.5 Å². The van der Waals surface area contributed by atoms with Gasteiger partial charge in [0.25, 0.3) is 11.8 Å². The van der Waals surface area contributed by atoms with Gasteiger partial charge in [-0.05, 0) is 23.8 Å². The summed E-state index contributed by atoms with van der Waals surface area (Å²) in [4.78, 5) is 27.3. The molecule has 1 N–H and O–H groups in total. The van der Waals surface area contributed by atoms with E-state index in [4.69, 9.17) is 0 Å². The molecule has 0 unspecified atom stereocenters. The highest BCUT2D eigenvalue weighted by Crippen LogP contribution is 2.29. The van der Waals surface area contributed by atoms with E-state index >= 15 is 0 Å². The predicted octanol–water partition coefficient (Wildman–Crippen LogP) is 4.32. The standard InChI is InChI=1S/C23H18N2O2/c26-22-20-14-8-7-13-19(20)21(15-24-18-11-5-2-6-12-18)23(27)25(22)16-17-9-3-1-4-10-17/h1-15,24H,16H2. The van der Waals surface area contributed by atoms with E-state index in [9.17, 15) is 9.59 Å². The van der Waals surface area contributed by atoms with Crippen molar-refractivity contribution < 1.29 is 9.59 Å². The maximum absolute atomic E-state index is 13.1. The smallest absolute Gasteiger partial charge is 0.263 e. The molecule has 0 saturated carbocycles. The average molecular weight is 354 g/mol. The Balaban J connectivity index is 1.72. The molecule has 0 aromatic heterocycles. The summed E-state index contributed by atoms with van der Waals surface area (Å²) in [6, 6.07) is 26.4. The van der Waals surface area contributed by atoms with E-state index in [2.05, 4.69) is 5.32 Å². The maximum atomic E-state index is 13.1. The van der Waals surface area contributed by atoms with Gasteiger partial charge in [-0.15, -0.1) is 0 Å². The average Bonchev–Trinajstić information content (AvgIpc) is 2.73. The number of rotatable bonds is 4. The van der Waals surface area contributed by atoms with Gasteiger partial charge in [0.2, 0.25) is 0 Å². The van der Waals surface area contributed by atoms with E-state index in [1.54, 1.807) is 12.3 Å². The first-order chi connectivity index (χ1) is 13.2. The highest BCUT2D eigenvalue weighted by molar-refractivity contribution is 6.31. The molecule has 1 heterocycles. The zero-order chi connectivity index (χ0) is 18.6. The van der Waals surface area contributed by atoms with Crippen LogP contribution in [0.2, 0.25) is 0 Å². The van der Waals surface area contributed by atoms with Crippen LogP contribution >= 0.6 is 0 Å². The second-order valence-electron chi connectivity index (χ2n) is 6.30. The molecule has 132 valence electrons. The maximum Gasteiger partial charge on any atom is 0.263 e. The van der Waals surface area contributed by atoms with E-state index in [-0.39, 0.29) is 18.4 Å². The van der Waals surface area contributed by atoms with Crippen molar-refractivity contribution in [1.82, 2.24) is 4.90 Å². The number of para-hydroxylation sites is 1. The Labute approximate surface area is 157 Å². The number of benzene rings is 3. The molecule has 1 aliphatic heterocycles. The third-order valence-electron chi connectivity index (χ3n) is 4.51. The second kappa shape index (κ2) is 7.30. The lowest BCUT2D eigenvalue weighted by atomic mass is 9.93. The molecule has 0 aliphatic carbocycles. The van der Waals surface area contributed by atoms with Crippen LogP contribution in [0.4, 0.5) is 5.69 Å². The van der Waals surface area contributed by atoms with E-state index < -0.39 is 0 Å². The number of hydrogen-bond acceptors (Lipinski definition) is 3. The van der Waals surface area contributed by atoms with E-state index in [0.717, 1.165) is 11.3 Å². The van der Waals surface area contributed by atoms with Gasteiger partial charge in [-0.3, -0.25) is 14.5 Å². The molecular formula is C23H18N2O2. The number of fused-ring (bicyclic) bond motifs is 1. The number of hydrogen-bond donors (Lipinski definition) is 1. The number of carbonyl (C=O) groups is 2. The van der Waals surface area contributed by atoms with Gasteiger partial charge in [0, 0.05) is 23.0 Å². The molecular weight excluding hydrogens is 336 g/mol. The van der Waals surface area contributed by atoms with Gasteiger partial charge in [0.1, 0.15) is 0 Å². The van der Waals surface area contributed by atoms with Crippen molar-refractivity contribution in [2.24, 2.45) is 0 Å². The van der Waals surface area contributed by atoms with Gasteiger partial charge >= 0.3 is 0 Å². The Morgan fingerprint density at radius 2 is 1.30 bits per heavy atom. The molecule has 0 spiro atoms. The minimum absolute atomic E-state index is 0.246. The fourth-order valence-electron chi connectivity index (χ4n) is 3.14. The topological polar surface area (TPSA) is 49.4 Å². The Morgan fingerprint density at radius 3 is 2.00 bits per heavy atom. The SMILES string of the molecule is O=C1C(=CNc2ccccc2)c2ccccc2C(=O)N1Cc1ccccc1. The molecule has 4 rings (SSSR count). The summed E-state index contributed by atoms with van der Waals surface area (Å²) in [5.74, 6) is -0.567. The third kappa shape index (κ3) is 3.37. The summed E-state index contributed by atoms with van der Waals surface area (Å²) in [6.07, 6.45) is 1.68. The van der Waals surface area contributed by atoms with Crippen molar-refractivity contribution in [1.29, 1.82) is 0 Å². The van der Waals surface area contributed by atoms with Crippen molar-refractivity contribution >= 4 is 23.1 Å². The van der Waals surface area contributed by atoms with E-state index in [1.165, 1.54) is 4.90 Å². The Bertz CT molecular complexity index is 1010. The van der Waals surface area contributed by atoms with Gasteiger partial charge in [-0.1, -0.05) is 66.7 Å². The van der Waals surface area contributed by atoms with Crippen LogP contribution < -0.4 is 5.32 Å². The number of nitrogens with zero attached hydrogens (tertiary/aromatic N) is 1. The largest absolute Gasteiger partial charge is 0.361 e. The first kappa shape index (κ1) is 16.8. The number of anilines is 1. The lowest BCUT2D eigenvalue weighted by molar-refractivity contribution is -0.123. The molecule has 4 heteroatoms. The van der Waals surface area contributed by atoms with Crippen LogP contribution in [0.3, 0.4) is 0 Å². The van der Waals surface area contributed by atoms with Crippen molar-refractivity contribution in [2.75, 3.05) is 5.32 Å². The zero-order valence-electron chi connectivity index (χ0n) is 14.6. The van der Waals surface area contributed by atoms with Crippen LogP contribution in [0.5, 0.6) is 0 Å².